The largest absolute Gasteiger partial charge is 0.810 e. The number of rotatable bonds is 4. The molecule has 0 unspecified atom stereocenters. The van der Waals surface area contributed by atoms with Gasteiger partial charge in [0, 0.05) is 5.69 Å². The van der Waals surface area contributed by atoms with E-state index >= 15 is 0 Å². The lowest BCUT2D eigenvalue weighted by molar-refractivity contribution is -0.328. The third kappa shape index (κ3) is 4.54. The first-order chi connectivity index (χ1) is 8.51. The zero-order valence-electron chi connectivity index (χ0n) is 9.64. The van der Waals surface area contributed by atoms with Crippen molar-refractivity contribution in [3.63, 3.8) is 0 Å². The summed E-state index contributed by atoms with van der Waals surface area (Å²) in [5, 5.41) is -1.25. The van der Waals surface area contributed by atoms with E-state index in [1.54, 1.807) is 19.1 Å². The van der Waals surface area contributed by atoms with Crippen LogP contribution in [0.3, 0.4) is 0 Å². The highest BCUT2D eigenvalue weighted by atomic mass is 31.2. The van der Waals surface area contributed by atoms with Gasteiger partial charge in [-0.1, -0.05) is 17.7 Å². The summed E-state index contributed by atoms with van der Waals surface area (Å²) in [4.78, 5) is 54.2. The fourth-order valence-corrected chi connectivity index (χ4v) is 3.39. The molecule has 19 heavy (non-hydrogen) atoms. The molecule has 0 aromatic heterocycles. The third-order valence-electron chi connectivity index (χ3n) is 2.15. The summed E-state index contributed by atoms with van der Waals surface area (Å²) in [7, 11) is -11.8. The van der Waals surface area contributed by atoms with Crippen molar-refractivity contribution in [2.24, 2.45) is 0 Å². The minimum absolute atomic E-state index is 0.0718. The molecule has 1 aromatic rings. The number of amides is 1. The highest BCUT2D eigenvalue weighted by Gasteiger charge is 2.26. The molecule has 0 aliphatic rings. The Morgan fingerprint density at radius 3 is 1.84 bits per heavy atom. The van der Waals surface area contributed by atoms with E-state index in [9.17, 15) is 33.5 Å². The Balaban J connectivity index is 3.00. The first kappa shape index (κ1) is 16.0. The maximum Gasteiger partial charge on any atom is 0.237 e. The minimum Gasteiger partial charge on any atom is -0.810 e. The number of anilines is 1. The summed E-state index contributed by atoms with van der Waals surface area (Å²) in [5.74, 6) is -1.68. The number of hydrogen-bond acceptors (Lipinski definition) is 7. The van der Waals surface area contributed by atoms with Gasteiger partial charge in [0.05, 0.1) is 5.40 Å². The Kier molecular flexibility index (Phi) is 4.68. The van der Waals surface area contributed by atoms with Gasteiger partial charge in [-0.3, -0.25) is 4.79 Å². The number of aryl methyl sites for hydroxylation is 1. The molecule has 10 heteroatoms. The van der Waals surface area contributed by atoms with E-state index in [2.05, 4.69) is 0 Å². The lowest BCUT2D eigenvalue weighted by atomic mass is 10.2. The van der Waals surface area contributed by atoms with Gasteiger partial charge in [0.25, 0.3) is 0 Å². The molecule has 1 aromatic carbocycles. The summed E-state index contributed by atoms with van der Waals surface area (Å²) in [6.07, 6.45) is 0. The second kappa shape index (κ2) is 5.54. The molecular weight excluding hydrogens is 296 g/mol. The van der Waals surface area contributed by atoms with E-state index in [-0.39, 0.29) is 5.69 Å². The van der Waals surface area contributed by atoms with Gasteiger partial charge in [0.1, 0.15) is 0 Å². The molecule has 0 bridgehead atoms. The maximum atomic E-state index is 11.4. The SMILES string of the molecule is Cc1ccc(NC(=O)C(P(=O)([O-])[O-])P(=O)([O-])[O-])cc1. The van der Waals surface area contributed by atoms with Crippen LogP contribution in [0.4, 0.5) is 5.69 Å². The van der Waals surface area contributed by atoms with Crippen LogP contribution >= 0.6 is 15.2 Å². The molecule has 0 fully saturated rings. The van der Waals surface area contributed by atoms with E-state index in [1.165, 1.54) is 12.1 Å². The first-order valence-electron chi connectivity index (χ1n) is 4.93. The average Bonchev–Trinajstić information content (AvgIpc) is 2.16. The molecule has 0 saturated heterocycles. The molecule has 0 aliphatic heterocycles. The van der Waals surface area contributed by atoms with Crippen molar-refractivity contribution in [3.8, 4) is 0 Å². The predicted molar refractivity (Wildman–Crippen MR) is 58.8 cm³/mol. The highest BCUT2D eigenvalue weighted by molar-refractivity contribution is 7.69. The Morgan fingerprint density at radius 1 is 1.05 bits per heavy atom. The fraction of sp³-hybridized carbons (Fsp3) is 0.222. The second-order valence-corrected chi connectivity index (χ2v) is 7.41. The first-order valence-corrected chi connectivity index (χ1v) is 8.15. The van der Waals surface area contributed by atoms with Crippen LogP contribution in [-0.4, -0.2) is 11.3 Å². The normalized spacial score (nSPS) is 12.5. The van der Waals surface area contributed by atoms with Crippen molar-refractivity contribution in [2.75, 3.05) is 5.32 Å². The van der Waals surface area contributed by atoms with Gasteiger partial charge >= 0.3 is 0 Å². The van der Waals surface area contributed by atoms with Crippen LogP contribution in [0.5, 0.6) is 0 Å². The molecule has 0 aliphatic carbocycles. The average molecular weight is 305 g/mol. The molecule has 106 valence electrons. The Labute approximate surface area is 108 Å². The van der Waals surface area contributed by atoms with E-state index in [0.29, 0.717) is 0 Å². The highest BCUT2D eigenvalue weighted by Crippen LogP contribution is 2.50. The van der Waals surface area contributed by atoms with Gasteiger partial charge in [-0.15, -0.1) is 0 Å². The van der Waals surface area contributed by atoms with Crippen LogP contribution in [0.25, 0.3) is 0 Å². The van der Waals surface area contributed by atoms with Crippen LogP contribution in [0.2, 0.25) is 0 Å². The van der Waals surface area contributed by atoms with Crippen LogP contribution in [0, 0.1) is 6.92 Å². The molecule has 0 radical (unpaired) electrons. The quantitative estimate of drug-likeness (QED) is 0.636. The van der Waals surface area contributed by atoms with Crippen LogP contribution in [0.1, 0.15) is 5.56 Å². The van der Waals surface area contributed by atoms with Crippen molar-refractivity contribution < 1.29 is 33.5 Å². The van der Waals surface area contributed by atoms with Crippen LogP contribution < -0.4 is 24.9 Å². The zero-order chi connectivity index (χ0) is 14.8. The number of benzene rings is 1. The summed E-state index contributed by atoms with van der Waals surface area (Å²) in [5.41, 5.74) is 0.911. The summed E-state index contributed by atoms with van der Waals surface area (Å²) >= 11 is 0. The minimum atomic E-state index is -5.90. The lowest BCUT2D eigenvalue weighted by Crippen LogP contribution is -2.41. The van der Waals surface area contributed by atoms with Crippen molar-refractivity contribution in [1.29, 1.82) is 0 Å². The van der Waals surface area contributed by atoms with E-state index in [1.807, 2.05) is 5.32 Å². The smallest absolute Gasteiger partial charge is 0.237 e. The van der Waals surface area contributed by atoms with E-state index in [4.69, 9.17) is 0 Å². The third-order valence-corrected chi connectivity index (χ3v) is 5.52. The lowest BCUT2D eigenvalue weighted by Gasteiger charge is -2.47. The molecule has 1 amide bonds. The number of carbonyl (C=O) groups excluding carboxylic acids is 1. The molecule has 0 atom stereocenters. The summed E-state index contributed by atoms with van der Waals surface area (Å²) < 4.78 is 21.4. The number of carbonyl (C=O) groups is 1. The molecule has 8 nitrogen and oxygen atoms in total. The van der Waals surface area contributed by atoms with Crippen LogP contribution in [0.15, 0.2) is 24.3 Å². The standard InChI is InChI=1S/C9H13NO7P2/c1-6-2-4-7(5-3-6)10-8(11)9(18(12,13)14)19(15,16)17/h2-5,9H,1H3,(H,10,11)(H2,12,13,14)(H2,15,16,17)/p-4. The number of hydrogen-bond donors (Lipinski definition) is 1. The molecule has 1 rings (SSSR count). The van der Waals surface area contributed by atoms with Crippen molar-refractivity contribution >= 4 is 26.8 Å². The molecule has 1 N–H and O–H groups in total. The van der Waals surface area contributed by atoms with Gasteiger partial charge in [-0.05, 0) is 34.2 Å². The summed E-state index contributed by atoms with van der Waals surface area (Å²) in [6.45, 7) is 1.75. The number of nitrogens with one attached hydrogen (secondary N) is 1. The predicted octanol–water partition coefficient (Wildman–Crippen LogP) is -1.91. The van der Waals surface area contributed by atoms with Gasteiger partial charge in [-0.2, -0.15) is 0 Å². The van der Waals surface area contributed by atoms with Crippen LogP contribution in [-0.2, 0) is 13.9 Å². The maximum absolute atomic E-state index is 11.4. The van der Waals surface area contributed by atoms with Crippen molar-refractivity contribution in [2.45, 2.75) is 12.3 Å². The van der Waals surface area contributed by atoms with Crippen molar-refractivity contribution in [3.05, 3.63) is 29.8 Å². The zero-order valence-corrected chi connectivity index (χ0v) is 11.4. The topological polar surface area (TPSA) is 155 Å². The fourth-order valence-electron chi connectivity index (χ4n) is 1.30. The Hall–Kier alpha value is -1.01. The Morgan fingerprint density at radius 2 is 1.47 bits per heavy atom. The van der Waals surface area contributed by atoms with Crippen molar-refractivity contribution in [1.82, 2.24) is 0 Å². The summed E-state index contributed by atoms with van der Waals surface area (Å²) in [6, 6.07) is 5.86. The van der Waals surface area contributed by atoms with E-state index < -0.39 is 26.5 Å². The Bertz CT molecular complexity index is 536. The van der Waals surface area contributed by atoms with Gasteiger partial charge in [0.2, 0.25) is 5.91 Å². The van der Waals surface area contributed by atoms with Gasteiger partial charge < -0.3 is 34.0 Å². The van der Waals surface area contributed by atoms with Gasteiger partial charge in [0.15, 0.2) is 0 Å². The van der Waals surface area contributed by atoms with Gasteiger partial charge in [-0.25, -0.2) is 0 Å². The molecule has 0 heterocycles. The molecular formula is C9H9NO7P2-4. The molecule has 0 saturated carbocycles. The monoisotopic (exact) mass is 305 g/mol. The second-order valence-electron chi connectivity index (χ2n) is 3.81. The van der Waals surface area contributed by atoms with E-state index in [0.717, 1.165) is 5.56 Å². The molecule has 0 spiro atoms.